The van der Waals surface area contributed by atoms with Crippen molar-refractivity contribution in [1.29, 1.82) is 0 Å². The van der Waals surface area contributed by atoms with Gasteiger partial charge in [-0.2, -0.15) is 4.99 Å². The van der Waals surface area contributed by atoms with Gasteiger partial charge in [0.25, 0.3) is 5.91 Å². The fourth-order valence-corrected chi connectivity index (χ4v) is 2.47. The van der Waals surface area contributed by atoms with Crippen LogP contribution in [0.3, 0.4) is 0 Å². The Bertz CT molecular complexity index is 430. The van der Waals surface area contributed by atoms with Gasteiger partial charge in [0.1, 0.15) is 0 Å². The van der Waals surface area contributed by atoms with E-state index in [0.29, 0.717) is 10.6 Å². The SMILES string of the molecule is CN1CCSC1=NC(=O)c1ccc(Cl)cc1. The first-order valence-electron chi connectivity index (χ1n) is 4.89. The number of carbonyl (C=O) groups is 1. The lowest BCUT2D eigenvalue weighted by Gasteiger charge is -2.08. The molecule has 0 aromatic heterocycles. The lowest BCUT2D eigenvalue weighted by Crippen LogP contribution is -2.19. The molecule has 0 aliphatic carbocycles. The molecule has 1 fully saturated rings. The number of amides is 1. The van der Waals surface area contributed by atoms with Crippen molar-refractivity contribution in [1.82, 2.24) is 4.90 Å². The third kappa shape index (κ3) is 2.57. The van der Waals surface area contributed by atoms with Crippen molar-refractivity contribution in [3.05, 3.63) is 34.9 Å². The summed E-state index contributed by atoms with van der Waals surface area (Å²) in [5, 5.41) is 1.41. The number of benzene rings is 1. The average molecular weight is 255 g/mol. The molecule has 0 unspecified atom stereocenters. The summed E-state index contributed by atoms with van der Waals surface area (Å²) in [6.45, 7) is 0.942. The maximum Gasteiger partial charge on any atom is 0.279 e. The Labute approximate surface area is 103 Å². The van der Waals surface area contributed by atoms with Crippen LogP contribution in [0.2, 0.25) is 5.02 Å². The third-order valence-electron chi connectivity index (χ3n) is 2.27. The second kappa shape index (κ2) is 4.89. The zero-order chi connectivity index (χ0) is 11.5. The number of nitrogens with zero attached hydrogens (tertiary/aromatic N) is 2. The zero-order valence-corrected chi connectivity index (χ0v) is 10.4. The van der Waals surface area contributed by atoms with E-state index < -0.39 is 0 Å². The van der Waals surface area contributed by atoms with Gasteiger partial charge >= 0.3 is 0 Å². The lowest BCUT2D eigenvalue weighted by atomic mass is 10.2. The highest BCUT2D eigenvalue weighted by Crippen LogP contribution is 2.17. The molecule has 0 bridgehead atoms. The number of hydrogen-bond donors (Lipinski definition) is 0. The Hall–Kier alpha value is -1.00. The van der Waals surface area contributed by atoms with E-state index in [2.05, 4.69) is 4.99 Å². The van der Waals surface area contributed by atoms with Crippen LogP contribution in [0, 0.1) is 0 Å². The standard InChI is InChI=1S/C11H11ClN2OS/c1-14-6-7-16-11(14)13-10(15)8-2-4-9(12)5-3-8/h2-5H,6-7H2,1H3. The summed E-state index contributed by atoms with van der Waals surface area (Å²) in [5.74, 6) is 0.774. The molecule has 0 saturated carbocycles. The van der Waals surface area contributed by atoms with Gasteiger partial charge in [0.15, 0.2) is 5.17 Å². The van der Waals surface area contributed by atoms with Crippen LogP contribution < -0.4 is 0 Å². The van der Waals surface area contributed by atoms with Crippen molar-refractivity contribution in [3.8, 4) is 0 Å². The van der Waals surface area contributed by atoms with Crippen molar-refractivity contribution in [2.45, 2.75) is 0 Å². The molecule has 1 amide bonds. The quantitative estimate of drug-likeness (QED) is 0.772. The molecule has 1 heterocycles. The Morgan fingerprint density at radius 2 is 2.12 bits per heavy atom. The van der Waals surface area contributed by atoms with Crippen LogP contribution in [-0.4, -0.2) is 35.3 Å². The monoisotopic (exact) mass is 254 g/mol. The number of halogens is 1. The smallest absolute Gasteiger partial charge is 0.279 e. The van der Waals surface area contributed by atoms with Crippen LogP contribution in [0.4, 0.5) is 0 Å². The Morgan fingerprint density at radius 3 is 2.69 bits per heavy atom. The van der Waals surface area contributed by atoms with Crippen molar-refractivity contribution in [2.75, 3.05) is 19.3 Å². The topological polar surface area (TPSA) is 32.7 Å². The summed E-state index contributed by atoms with van der Waals surface area (Å²) in [6.07, 6.45) is 0. The van der Waals surface area contributed by atoms with Crippen LogP contribution in [0.5, 0.6) is 0 Å². The first kappa shape index (κ1) is 11.5. The first-order valence-corrected chi connectivity index (χ1v) is 6.26. The molecule has 1 aromatic carbocycles. The molecule has 0 N–H and O–H groups in total. The van der Waals surface area contributed by atoms with Gasteiger partial charge < -0.3 is 4.90 Å². The maximum absolute atomic E-state index is 11.8. The number of amidine groups is 1. The lowest BCUT2D eigenvalue weighted by molar-refractivity contribution is 0.100. The minimum Gasteiger partial charge on any atom is -0.353 e. The summed E-state index contributed by atoms with van der Waals surface area (Å²) in [7, 11) is 1.94. The van der Waals surface area contributed by atoms with Gasteiger partial charge in [-0.1, -0.05) is 23.4 Å². The van der Waals surface area contributed by atoms with E-state index in [-0.39, 0.29) is 5.91 Å². The molecule has 2 rings (SSSR count). The van der Waals surface area contributed by atoms with Gasteiger partial charge in [0.2, 0.25) is 0 Å². The average Bonchev–Trinajstić information content (AvgIpc) is 2.65. The molecule has 16 heavy (non-hydrogen) atoms. The summed E-state index contributed by atoms with van der Waals surface area (Å²) >= 11 is 7.36. The number of thioether (sulfide) groups is 1. The highest BCUT2D eigenvalue weighted by molar-refractivity contribution is 8.14. The minimum atomic E-state index is -0.215. The Kier molecular flexibility index (Phi) is 3.51. The number of aliphatic imine (C=N–C) groups is 1. The van der Waals surface area contributed by atoms with Gasteiger partial charge in [-0.15, -0.1) is 0 Å². The fraction of sp³-hybridized carbons (Fsp3) is 0.273. The molecule has 1 aromatic rings. The van der Waals surface area contributed by atoms with E-state index >= 15 is 0 Å². The number of carbonyl (C=O) groups excluding carboxylic acids is 1. The van der Waals surface area contributed by atoms with Crippen molar-refractivity contribution < 1.29 is 4.79 Å². The predicted molar refractivity (Wildman–Crippen MR) is 68.3 cm³/mol. The predicted octanol–water partition coefficient (Wildman–Crippen LogP) is 2.51. The highest BCUT2D eigenvalue weighted by Gasteiger charge is 2.16. The molecule has 5 heteroatoms. The first-order chi connectivity index (χ1) is 7.66. The van der Waals surface area contributed by atoms with Gasteiger partial charge in [0.05, 0.1) is 0 Å². The third-order valence-corrected chi connectivity index (χ3v) is 3.57. The Balaban J connectivity index is 2.16. The van der Waals surface area contributed by atoms with Crippen molar-refractivity contribution >= 4 is 34.4 Å². The molecular formula is C11H11ClN2OS. The van der Waals surface area contributed by atoms with E-state index in [4.69, 9.17) is 11.6 Å². The van der Waals surface area contributed by atoms with Gasteiger partial charge in [-0.05, 0) is 24.3 Å². The molecule has 3 nitrogen and oxygen atoms in total. The summed E-state index contributed by atoms with van der Waals surface area (Å²) < 4.78 is 0. The van der Waals surface area contributed by atoms with Crippen molar-refractivity contribution in [2.24, 2.45) is 4.99 Å². The molecule has 1 aliphatic heterocycles. The van der Waals surface area contributed by atoms with Gasteiger partial charge in [0, 0.05) is 29.9 Å². The number of rotatable bonds is 1. The van der Waals surface area contributed by atoms with E-state index in [1.165, 1.54) is 0 Å². The molecule has 84 valence electrons. The van der Waals surface area contributed by atoms with Gasteiger partial charge in [-0.3, -0.25) is 4.79 Å². The van der Waals surface area contributed by atoms with Gasteiger partial charge in [-0.25, -0.2) is 0 Å². The van der Waals surface area contributed by atoms with Crippen LogP contribution in [-0.2, 0) is 0 Å². The zero-order valence-electron chi connectivity index (χ0n) is 8.81. The second-order valence-electron chi connectivity index (χ2n) is 3.48. The van der Waals surface area contributed by atoms with Crippen LogP contribution >= 0.6 is 23.4 Å². The minimum absolute atomic E-state index is 0.215. The van der Waals surface area contributed by atoms with Crippen LogP contribution in [0.1, 0.15) is 10.4 Å². The summed E-state index contributed by atoms with van der Waals surface area (Å²) in [6, 6.07) is 6.77. The van der Waals surface area contributed by atoms with Crippen LogP contribution in [0.15, 0.2) is 29.3 Å². The molecule has 1 aliphatic rings. The van der Waals surface area contributed by atoms with E-state index in [9.17, 15) is 4.79 Å². The molecule has 0 radical (unpaired) electrons. The molecular weight excluding hydrogens is 244 g/mol. The van der Waals surface area contributed by atoms with Crippen LogP contribution in [0.25, 0.3) is 0 Å². The largest absolute Gasteiger partial charge is 0.353 e. The molecule has 1 saturated heterocycles. The normalized spacial score (nSPS) is 18.1. The maximum atomic E-state index is 11.8. The van der Waals surface area contributed by atoms with E-state index in [0.717, 1.165) is 17.5 Å². The fourth-order valence-electron chi connectivity index (χ4n) is 1.34. The molecule has 0 atom stereocenters. The second-order valence-corrected chi connectivity index (χ2v) is 4.97. The highest BCUT2D eigenvalue weighted by atomic mass is 35.5. The summed E-state index contributed by atoms with van der Waals surface area (Å²) in [5.41, 5.74) is 0.567. The van der Waals surface area contributed by atoms with Crippen molar-refractivity contribution in [3.63, 3.8) is 0 Å². The Morgan fingerprint density at radius 1 is 1.44 bits per heavy atom. The van der Waals surface area contributed by atoms with E-state index in [1.807, 2.05) is 11.9 Å². The number of hydrogen-bond acceptors (Lipinski definition) is 2. The molecule has 0 spiro atoms. The van der Waals surface area contributed by atoms with E-state index in [1.54, 1.807) is 36.0 Å². The summed E-state index contributed by atoms with van der Waals surface area (Å²) in [4.78, 5) is 17.9.